The lowest BCUT2D eigenvalue weighted by Gasteiger charge is -2.08. The van der Waals surface area contributed by atoms with Crippen LogP contribution in [0.4, 0.5) is 5.69 Å². The largest absolute Gasteiger partial charge is 0.322 e. The van der Waals surface area contributed by atoms with Crippen molar-refractivity contribution in [3.8, 4) is 11.8 Å². The molecule has 0 aliphatic heterocycles. The van der Waals surface area contributed by atoms with Crippen molar-refractivity contribution < 1.29 is 4.79 Å². The Labute approximate surface area is 133 Å². The first-order valence-electron chi connectivity index (χ1n) is 6.15. The Morgan fingerprint density at radius 2 is 1.81 bits per heavy atom. The highest BCUT2D eigenvalue weighted by atomic mass is 35.5. The Hall–Kier alpha value is -1.99. The number of nitrogens with two attached hydrogens (primary N) is 1. The highest BCUT2D eigenvalue weighted by Gasteiger charge is 2.10. The fourth-order valence-electron chi connectivity index (χ4n) is 1.76. The number of amides is 1. The molecule has 2 aromatic rings. The van der Waals surface area contributed by atoms with Gasteiger partial charge >= 0.3 is 0 Å². The van der Waals surface area contributed by atoms with E-state index in [4.69, 9.17) is 28.9 Å². The van der Waals surface area contributed by atoms with Crippen molar-refractivity contribution in [2.45, 2.75) is 0 Å². The first-order chi connectivity index (χ1) is 10.1. The molecule has 2 aromatic carbocycles. The van der Waals surface area contributed by atoms with Crippen LogP contribution in [0.1, 0.15) is 15.9 Å². The third-order valence-electron chi connectivity index (χ3n) is 2.62. The summed E-state index contributed by atoms with van der Waals surface area (Å²) < 4.78 is 0. The summed E-state index contributed by atoms with van der Waals surface area (Å²) in [6.07, 6.45) is 0. The molecule has 0 aliphatic rings. The van der Waals surface area contributed by atoms with Crippen LogP contribution in [0.2, 0.25) is 10.0 Å². The third-order valence-corrected chi connectivity index (χ3v) is 3.05. The Bertz CT molecular complexity index is 712. The van der Waals surface area contributed by atoms with E-state index in [1.54, 1.807) is 36.4 Å². The Morgan fingerprint density at radius 1 is 1.14 bits per heavy atom. The van der Waals surface area contributed by atoms with E-state index in [2.05, 4.69) is 17.2 Å². The molecule has 0 fully saturated rings. The number of hydrogen-bond acceptors (Lipinski definition) is 2. The molecule has 21 heavy (non-hydrogen) atoms. The molecular formula is C16H12Cl2N2O. The Balaban J connectivity index is 2.28. The average Bonchev–Trinajstić information content (AvgIpc) is 2.44. The Morgan fingerprint density at radius 3 is 2.48 bits per heavy atom. The topological polar surface area (TPSA) is 55.1 Å². The van der Waals surface area contributed by atoms with Gasteiger partial charge in [-0.05, 0) is 30.3 Å². The minimum absolute atomic E-state index is 0.236. The molecule has 1 amide bonds. The summed E-state index contributed by atoms with van der Waals surface area (Å²) in [5.41, 5.74) is 6.97. The Kier molecular flexibility index (Phi) is 5.24. The highest BCUT2D eigenvalue weighted by molar-refractivity contribution is 6.35. The van der Waals surface area contributed by atoms with E-state index in [9.17, 15) is 4.79 Å². The van der Waals surface area contributed by atoms with E-state index in [1.165, 1.54) is 0 Å². The van der Waals surface area contributed by atoms with E-state index >= 15 is 0 Å². The smallest absolute Gasteiger partial charge is 0.256 e. The molecule has 0 saturated carbocycles. The molecule has 0 bridgehead atoms. The van der Waals surface area contributed by atoms with Crippen molar-refractivity contribution in [2.24, 2.45) is 5.73 Å². The summed E-state index contributed by atoms with van der Waals surface area (Å²) in [6.45, 7) is 0.236. The zero-order valence-electron chi connectivity index (χ0n) is 11.0. The van der Waals surface area contributed by atoms with Crippen LogP contribution < -0.4 is 11.1 Å². The molecule has 0 unspecified atom stereocenters. The second-order valence-electron chi connectivity index (χ2n) is 4.16. The van der Waals surface area contributed by atoms with Gasteiger partial charge in [-0.3, -0.25) is 4.79 Å². The maximum atomic E-state index is 12.3. The number of hydrogen-bond donors (Lipinski definition) is 2. The van der Waals surface area contributed by atoms with Gasteiger partial charge in [-0.2, -0.15) is 0 Å². The fourth-order valence-corrected chi connectivity index (χ4v) is 2.29. The minimum atomic E-state index is -0.282. The molecule has 0 aromatic heterocycles. The van der Waals surface area contributed by atoms with Crippen LogP contribution in [0.3, 0.4) is 0 Å². The van der Waals surface area contributed by atoms with Crippen molar-refractivity contribution in [2.75, 3.05) is 11.9 Å². The van der Waals surface area contributed by atoms with E-state index < -0.39 is 0 Å². The molecule has 0 aliphatic carbocycles. The zero-order chi connectivity index (χ0) is 15.2. The van der Waals surface area contributed by atoms with Crippen LogP contribution in [-0.4, -0.2) is 12.5 Å². The maximum absolute atomic E-state index is 12.3. The lowest BCUT2D eigenvalue weighted by molar-refractivity contribution is 0.102. The highest BCUT2D eigenvalue weighted by Crippen LogP contribution is 2.23. The van der Waals surface area contributed by atoms with Crippen LogP contribution >= 0.6 is 23.2 Å². The van der Waals surface area contributed by atoms with Gasteiger partial charge in [0.25, 0.3) is 5.91 Å². The summed E-state index contributed by atoms with van der Waals surface area (Å²) in [7, 11) is 0. The predicted molar refractivity (Wildman–Crippen MR) is 86.8 cm³/mol. The van der Waals surface area contributed by atoms with E-state index in [1.807, 2.05) is 6.07 Å². The number of carbonyl (C=O) groups excluding carboxylic acids is 1. The van der Waals surface area contributed by atoms with Crippen LogP contribution in [-0.2, 0) is 0 Å². The quantitative estimate of drug-likeness (QED) is 0.832. The molecule has 0 heterocycles. The zero-order valence-corrected chi connectivity index (χ0v) is 12.5. The molecular weight excluding hydrogens is 307 g/mol. The predicted octanol–water partition coefficient (Wildman–Crippen LogP) is 3.56. The van der Waals surface area contributed by atoms with Crippen molar-refractivity contribution in [3.05, 3.63) is 63.6 Å². The molecule has 106 valence electrons. The molecule has 2 rings (SSSR count). The number of halogens is 2. The molecule has 0 saturated heterocycles. The number of rotatable bonds is 2. The second-order valence-corrected chi connectivity index (χ2v) is 5.04. The molecule has 5 heteroatoms. The van der Waals surface area contributed by atoms with Gasteiger partial charge < -0.3 is 11.1 Å². The van der Waals surface area contributed by atoms with Crippen LogP contribution in [0.25, 0.3) is 0 Å². The van der Waals surface area contributed by atoms with Gasteiger partial charge in [-0.15, -0.1) is 0 Å². The van der Waals surface area contributed by atoms with E-state index in [-0.39, 0.29) is 12.5 Å². The maximum Gasteiger partial charge on any atom is 0.256 e. The fraction of sp³-hybridized carbons (Fsp3) is 0.0625. The number of nitrogens with one attached hydrogen (secondary N) is 1. The lowest BCUT2D eigenvalue weighted by atomic mass is 10.1. The van der Waals surface area contributed by atoms with Gasteiger partial charge in [0.05, 0.1) is 12.1 Å². The van der Waals surface area contributed by atoms with Crippen molar-refractivity contribution in [1.82, 2.24) is 0 Å². The summed E-state index contributed by atoms with van der Waals surface area (Å²) in [5.74, 6) is 5.33. The number of anilines is 1. The van der Waals surface area contributed by atoms with Gasteiger partial charge in [0.15, 0.2) is 0 Å². The van der Waals surface area contributed by atoms with Gasteiger partial charge in [-0.1, -0.05) is 47.2 Å². The molecule has 0 atom stereocenters. The molecule has 0 radical (unpaired) electrons. The summed E-state index contributed by atoms with van der Waals surface area (Å²) in [5, 5.41) is 3.66. The van der Waals surface area contributed by atoms with E-state index in [0.29, 0.717) is 26.9 Å². The number of benzene rings is 2. The minimum Gasteiger partial charge on any atom is -0.322 e. The third kappa shape index (κ3) is 4.24. The lowest BCUT2D eigenvalue weighted by Crippen LogP contribution is -2.13. The standard InChI is InChI=1S/C16H12Cl2N2O/c17-12-8-13(18)10-14(9-12)20-16(21)15-6-2-1-4-11(15)5-3-7-19/h1-2,4,6,8-10H,7,19H2,(H,20,21). The average molecular weight is 319 g/mol. The monoisotopic (exact) mass is 318 g/mol. The summed E-state index contributed by atoms with van der Waals surface area (Å²) in [4.78, 5) is 12.3. The summed E-state index contributed by atoms with van der Waals surface area (Å²) >= 11 is 11.8. The first-order valence-corrected chi connectivity index (χ1v) is 6.91. The van der Waals surface area contributed by atoms with Gasteiger partial charge in [0.1, 0.15) is 0 Å². The van der Waals surface area contributed by atoms with Crippen molar-refractivity contribution >= 4 is 34.8 Å². The van der Waals surface area contributed by atoms with Crippen LogP contribution in [0.15, 0.2) is 42.5 Å². The molecule has 0 spiro atoms. The van der Waals surface area contributed by atoms with Gasteiger partial charge in [0, 0.05) is 21.3 Å². The normalized spacial score (nSPS) is 9.67. The molecule has 3 N–H and O–H groups in total. The van der Waals surface area contributed by atoms with E-state index in [0.717, 1.165) is 0 Å². The van der Waals surface area contributed by atoms with Gasteiger partial charge in [-0.25, -0.2) is 0 Å². The van der Waals surface area contributed by atoms with Crippen molar-refractivity contribution in [1.29, 1.82) is 0 Å². The first kappa shape index (κ1) is 15.4. The SMILES string of the molecule is NCC#Cc1ccccc1C(=O)Nc1cc(Cl)cc(Cl)c1. The van der Waals surface area contributed by atoms with Crippen LogP contribution in [0, 0.1) is 11.8 Å². The second kappa shape index (κ2) is 7.14. The summed E-state index contributed by atoms with van der Waals surface area (Å²) in [6, 6.07) is 11.9. The van der Waals surface area contributed by atoms with Crippen molar-refractivity contribution in [3.63, 3.8) is 0 Å². The molecule has 3 nitrogen and oxygen atoms in total. The van der Waals surface area contributed by atoms with Gasteiger partial charge in [0.2, 0.25) is 0 Å². The van der Waals surface area contributed by atoms with Crippen LogP contribution in [0.5, 0.6) is 0 Å². The number of carbonyl (C=O) groups is 1.